The van der Waals surface area contributed by atoms with Gasteiger partial charge in [-0.2, -0.15) is 0 Å². The molecule has 0 aromatic heterocycles. The third-order valence-corrected chi connectivity index (χ3v) is 1.88. The Labute approximate surface area is 93.3 Å². The molecular formula is C10H14N4O2. The van der Waals surface area contributed by atoms with Gasteiger partial charge < -0.3 is 10.9 Å². The number of benzene rings is 1. The highest BCUT2D eigenvalue weighted by Gasteiger charge is 2.06. The second-order valence-corrected chi connectivity index (χ2v) is 3.40. The van der Waals surface area contributed by atoms with E-state index in [1.165, 1.54) is 0 Å². The molecule has 0 unspecified atom stereocenters. The number of amides is 1. The van der Waals surface area contributed by atoms with Crippen molar-refractivity contribution in [3.05, 3.63) is 35.4 Å². The number of nitrogens with two attached hydrogens (primary N) is 1. The molecule has 0 spiro atoms. The maximum absolute atomic E-state index is 11.5. The van der Waals surface area contributed by atoms with Crippen LogP contribution >= 0.6 is 0 Å². The van der Waals surface area contributed by atoms with E-state index < -0.39 is 0 Å². The number of carbonyl (C=O) groups excluding carboxylic acids is 1. The summed E-state index contributed by atoms with van der Waals surface area (Å²) in [5.41, 5.74) is 9.06. The zero-order chi connectivity index (χ0) is 12.1. The first-order chi connectivity index (χ1) is 7.54. The van der Waals surface area contributed by atoms with Gasteiger partial charge in [-0.25, -0.2) is 5.01 Å². The molecule has 1 aromatic carbocycles. The van der Waals surface area contributed by atoms with Gasteiger partial charge in [0, 0.05) is 25.2 Å². The molecule has 0 aliphatic rings. The number of hydrazine groups is 1. The Morgan fingerprint density at radius 2 is 1.81 bits per heavy atom. The maximum Gasteiger partial charge on any atom is 0.265 e. The van der Waals surface area contributed by atoms with Crippen molar-refractivity contribution in [3.8, 4) is 0 Å². The smallest absolute Gasteiger partial charge is 0.265 e. The van der Waals surface area contributed by atoms with Crippen LogP contribution in [0, 0.1) is 0 Å². The average Bonchev–Trinajstić information content (AvgIpc) is 2.27. The fourth-order valence-corrected chi connectivity index (χ4v) is 1.12. The number of hydrogen-bond acceptors (Lipinski definition) is 4. The van der Waals surface area contributed by atoms with Crippen LogP contribution in [-0.4, -0.2) is 36.1 Å². The van der Waals surface area contributed by atoms with Gasteiger partial charge in [0.25, 0.3) is 5.91 Å². The fraction of sp³-hybridized carbons (Fsp3) is 0.200. The predicted molar refractivity (Wildman–Crippen MR) is 60.1 cm³/mol. The highest BCUT2D eigenvalue weighted by atomic mass is 16.4. The van der Waals surface area contributed by atoms with Gasteiger partial charge in [0.2, 0.25) is 0 Å². The van der Waals surface area contributed by atoms with Crippen LogP contribution in [0.5, 0.6) is 0 Å². The van der Waals surface area contributed by atoms with Gasteiger partial charge in [-0.1, -0.05) is 17.3 Å². The Hall–Kier alpha value is -2.08. The molecule has 1 amide bonds. The van der Waals surface area contributed by atoms with E-state index in [1.54, 1.807) is 43.4 Å². The third-order valence-electron chi connectivity index (χ3n) is 1.88. The first kappa shape index (κ1) is 12.0. The van der Waals surface area contributed by atoms with Crippen molar-refractivity contribution < 1.29 is 10.0 Å². The number of amidine groups is 1. The van der Waals surface area contributed by atoms with E-state index in [0.29, 0.717) is 11.1 Å². The van der Waals surface area contributed by atoms with Gasteiger partial charge in [-0.05, 0) is 12.1 Å². The van der Waals surface area contributed by atoms with Gasteiger partial charge in [-0.3, -0.25) is 10.2 Å². The van der Waals surface area contributed by atoms with E-state index in [9.17, 15) is 4.79 Å². The lowest BCUT2D eigenvalue weighted by molar-refractivity contribution is 0.0857. The Balaban J connectivity index is 2.83. The number of hydrogen-bond donors (Lipinski definition) is 3. The monoisotopic (exact) mass is 222 g/mol. The average molecular weight is 222 g/mol. The molecule has 6 nitrogen and oxygen atoms in total. The summed E-state index contributed by atoms with van der Waals surface area (Å²) in [7, 11) is 3.45. The second-order valence-electron chi connectivity index (χ2n) is 3.40. The molecule has 0 aliphatic carbocycles. The van der Waals surface area contributed by atoms with Gasteiger partial charge in [0.05, 0.1) is 0 Å². The first-order valence-corrected chi connectivity index (χ1v) is 4.61. The number of oxime groups is 1. The van der Waals surface area contributed by atoms with Crippen LogP contribution in [0.4, 0.5) is 0 Å². The topological polar surface area (TPSA) is 91.0 Å². The summed E-state index contributed by atoms with van der Waals surface area (Å²) in [5.74, 6) is -0.198. The van der Waals surface area contributed by atoms with Crippen molar-refractivity contribution in [1.29, 1.82) is 0 Å². The predicted octanol–water partition coefficient (Wildman–Crippen LogP) is -0.0125. The van der Waals surface area contributed by atoms with Crippen LogP contribution < -0.4 is 11.2 Å². The summed E-state index contributed by atoms with van der Waals surface area (Å²) in [6.45, 7) is 0. The van der Waals surface area contributed by atoms with Gasteiger partial charge >= 0.3 is 0 Å². The molecule has 0 fully saturated rings. The Morgan fingerprint density at radius 3 is 2.25 bits per heavy atom. The summed E-state index contributed by atoms with van der Waals surface area (Å²) in [4.78, 5) is 11.5. The van der Waals surface area contributed by atoms with Crippen LogP contribution in [0.1, 0.15) is 15.9 Å². The Bertz CT molecular complexity index is 398. The Kier molecular flexibility index (Phi) is 3.84. The number of nitrogens with zero attached hydrogens (tertiary/aromatic N) is 2. The summed E-state index contributed by atoms with van der Waals surface area (Å²) in [5, 5.41) is 12.9. The number of carbonyl (C=O) groups is 1. The largest absolute Gasteiger partial charge is 0.409 e. The summed E-state index contributed by atoms with van der Waals surface area (Å²) >= 11 is 0. The zero-order valence-electron chi connectivity index (χ0n) is 9.14. The van der Waals surface area contributed by atoms with E-state index in [1.807, 2.05) is 0 Å². The van der Waals surface area contributed by atoms with Crippen LogP contribution in [0.15, 0.2) is 29.4 Å². The molecule has 0 radical (unpaired) electrons. The fourth-order valence-electron chi connectivity index (χ4n) is 1.12. The van der Waals surface area contributed by atoms with Crippen LogP contribution in [-0.2, 0) is 0 Å². The van der Waals surface area contributed by atoms with Crippen molar-refractivity contribution in [2.24, 2.45) is 10.9 Å². The molecule has 6 heteroatoms. The standard InChI is InChI=1S/C10H14N4O2/c1-14(2)12-10(15)8-5-3-7(4-6-8)9(11)13-16/h3-6,16H,1-2H3,(H2,11,13)(H,12,15). The second kappa shape index (κ2) is 5.13. The van der Waals surface area contributed by atoms with E-state index in [2.05, 4.69) is 10.6 Å². The molecule has 0 aliphatic heterocycles. The van der Waals surface area contributed by atoms with Crippen molar-refractivity contribution in [2.45, 2.75) is 0 Å². The van der Waals surface area contributed by atoms with Crippen LogP contribution in [0.2, 0.25) is 0 Å². The number of nitrogens with one attached hydrogen (secondary N) is 1. The normalized spacial score (nSPS) is 11.6. The number of rotatable bonds is 3. The molecular weight excluding hydrogens is 208 g/mol. The molecule has 0 bridgehead atoms. The minimum absolute atomic E-state index is 0.0135. The van der Waals surface area contributed by atoms with Gasteiger partial charge in [0.1, 0.15) is 0 Å². The van der Waals surface area contributed by atoms with Crippen molar-refractivity contribution >= 4 is 11.7 Å². The minimum atomic E-state index is -0.212. The van der Waals surface area contributed by atoms with Crippen molar-refractivity contribution in [3.63, 3.8) is 0 Å². The van der Waals surface area contributed by atoms with Crippen molar-refractivity contribution in [1.82, 2.24) is 10.4 Å². The molecule has 0 saturated carbocycles. The lowest BCUT2D eigenvalue weighted by atomic mass is 10.1. The van der Waals surface area contributed by atoms with Gasteiger partial charge in [-0.15, -0.1) is 0 Å². The molecule has 16 heavy (non-hydrogen) atoms. The summed E-state index contributed by atoms with van der Waals surface area (Å²) in [6.07, 6.45) is 0. The first-order valence-electron chi connectivity index (χ1n) is 4.61. The molecule has 0 heterocycles. The molecule has 1 rings (SSSR count). The quantitative estimate of drug-likeness (QED) is 0.290. The highest BCUT2D eigenvalue weighted by molar-refractivity contribution is 5.99. The maximum atomic E-state index is 11.5. The van der Waals surface area contributed by atoms with E-state index in [0.717, 1.165) is 0 Å². The van der Waals surface area contributed by atoms with E-state index in [4.69, 9.17) is 10.9 Å². The van der Waals surface area contributed by atoms with Gasteiger partial charge in [0.15, 0.2) is 5.84 Å². The lowest BCUT2D eigenvalue weighted by Gasteiger charge is -2.11. The summed E-state index contributed by atoms with van der Waals surface area (Å²) in [6, 6.07) is 6.43. The van der Waals surface area contributed by atoms with Crippen LogP contribution in [0.25, 0.3) is 0 Å². The zero-order valence-corrected chi connectivity index (χ0v) is 9.14. The minimum Gasteiger partial charge on any atom is -0.409 e. The van der Waals surface area contributed by atoms with Crippen LogP contribution in [0.3, 0.4) is 0 Å². The summed E-state index contributed by atoms with van der Waals surface area (Å²) < 4.78 is 0. The molecule has 86 valence electrons. The highest BCUT2D eigenvalue weighted by Crippen LogP contribution is 2.04. The molecule has 0 saturated heterocycles. The molecule has 4 N–H and O–H groups in total. The molecule has 1 aromatic rings. The van der Waals surface area contributed by atoms with E-state index in [-0.39, 0.29) is 11.7 Å². The Morgan fingerprint density at radius 1 is 1.31 bits per heavy atom. The molecule has 0 atom stereocenters. The third kappa shape index (κ3) is 2.96. The van der Waals surface area contributed by atoms with E-state index >= 15 is 0 Å². The lowest BCUT2D eigenvalue weighted by Crippen LogP contribution is -2.36. The van der Waals surface area contributed by atoms with Crippen molar-refractivity contribution in [2.75, 3.05) is 14.1 Å². The SMILES string of the molecule is CN(C)NC(=O)c1ccc(/C(N)=N/O)cc1.